The van der Waals surface area contributed by atoms with Crippen LogP contribution in [-0.2, 0) is 9.63 Å². The van der Waals surface area contributed by atoms with Gasteiger partial charge in [0.2, 0.25) is 5.91 Å². The fourth-order valence-electron chi connectivity index (χ4n) is 6.61. The number of methoxy groups -OCH3 is 1. The van der Waals surface area contributed by atoms with E-state index in [9.17, 15) is 13.6 Å². The van der Waals surface area contributed by atoms with Crippen molar-refractivity contribution in [2.75, 3.05) is 73.6 Å². The van der Waals surface area contributed by atoms with Crippen LogP contribution in [0.1, 0.15) is 30.9 Å². The molecule has 2 N–H and O–H groups in total. The molecule has 1 aliphatic carbocycles. The molecule has 3 saturated heterocycles. The fraction of sp³-hybridized carbons (Fsp3) is 0.424. The van der Waals surface area contributed by atoms with E-state index < -0.39 is 17.7 Å². The first-order chi connectivity index (χ1) is 22.4. The lowest BCUT2D eigenvalue weighted by Crippen LogP contribution is -2.63. The predicted molar refractivity (Wildman–Crippen MR) is 171 cm³/mol. The maximum Gasteiger partial charge on any atom is 0.247 e. The second kappa shape index (κ2) is 12.8. The minimum Gasteiger partial charge on any atom is -0.494 e. The number of hydroxylamine groups is 1. The van der Waals surface area contributed by atoms with Gasteiger partial charge in [-0.05, 0) is 42.7 Å². The van der Waals surface area contributed by atoms with Crippen LogP contribution >= 0.6 is 0 Å². The largest absolute Gasteiger partial charge is 0.494 e. The summed E-state index contributed by atoms with van der Waals surface area (Å²) in [5, 5.41) is 7.79. The quantitative estimate of drug-likeness (QED) is 0.312. The summed E-state index contributed by atoms with van der Waals surface area (Å²) in [5.74, 6) is -0.194. The maximum atomic E-state index is 14.0. The van der Waals surface area contributed by atoms with Crippen molar-refractivity contribution >= 4 is 34.6 Å². The first-order valence-corrected chi connectivity index (χ1v) is 15.7. The van der Waals surface area contributed by atoms with Crippen molar-refractivity contribution in [3.05, 3.63) is 72.6 Å². The van der Waals surface area contributed by atoms with Gasteiger partial charge in [-0.1, -0.05) is 6.58 Å². The van der Waals surface area contributed by atoms with E-state index in [1.54, 1.807) is 18.2 Å². The fourth-order valence-corrected chi connectivity index (χ4v) is 6.61. The maximum absolute atomic E-state index is 14.0. The Morgan fingerprint density at radius 1 is 0.957 bits per heavy atom. The van der Waals surface area contributed by atoms with Crippen LogP contribution in [0.15, 0.2) is 55.4 Å². The number of carbonyl (C=O) groups is 1. The Morgan fingerprint density at radius 3 is 2.35 bits per heavy atom. The van der Waals surface area contributed by atoms with Crippen molar-refractivity contribution in [3.63, 3.8) is 0 Å². The zero-order chi connectivity index (χ0) is 31.8. The third-order valence-electron chi connectivity index (χ3n) is 9.21. The standard InChI is InChI=1S/C33H38F2N8O3/c1-3-33(44)39-26-15-27(30(45-2)16-29(26)42-18-25(19-42)41-9-7-40(8-10-41)24-4-5-24)38-31-17-32(37-20-36-31)43-28(6-11-46-43)21-12-22(34)14-23(35)13-21/h3,12-17,20,24-25,28H,1,4-11,18-19H2,2H3,(H,39,44)(H,36,37,38). The number of ether oxygens (including phenoxy) is 1. The molecule has 0 bridgehead atoms. The summed E-state index contributed by atoms with van der Waals surface area (Å²) in [6.07, 6.45) is 5.84. The molecule has 4 fully saturated rings. The highest BCUT2D eigenvalue weighted by Gasteiger charge is 2.38. The molecule has 242 valence electrons. The van der Waals surface area contributed by atoms with E-state index in [0.29, 0.717) is 53.4 Å². The first-order valence-electron chi connectivity index (χ1n) is 15.7. The summed E-state index contributed by atoms with van der Waals surface area (Å²) in [7, 11) is 1.59. The lowest BCUT2D eigenvalue weighted by molar-refractivity contribution is -0.111. The molecule has 11 nitrogen and oxygen atoms in total. The highest BCUT2D eigenvalue weighted by molar-refractivity contribution is 6.02. The van der Waals surface area contributed by atoms with E-state index in [1.807, 2.05) is 12.1 Å². The Kier molecular flexibility index (Phi) is 8.45. The van der Waals surface area contributed by atoms with Crippen LogP contribution in [-0.4, -0.2) is 90.7 Å². The second-order valence-corrected chi connectivity index (χ2v) is 12.2. The van der Waals surface area contributed by atoms with Crippen LogP contribution in [0.3, 0.4) is 0 Å². The van der Waals surface area contributed by atoms with Gasteiger partial charge >= 0.3 is 0 Å². The topological polar surface area (TPSA) is 98.3 Å². The molecule has 3 aromatic rings. The van der Waals surface area contributed by atoms with Gasteiger partial charge in [-0.15, -0.1) is 0 Å². The van der Waals surface area contributed by atoms with Gasteiger partial charge in [-0.3, -0.25) is 19.4 Å². The van der Waals surface area contributed by atoms with Gasteiger partial charge in [0, 0.05) is 76.0 Å². The number of amides is 1. The van der Waals surface area contributed by atoms with Crippen LogP contribution in [0, 0.1) is 11.6 Å². The van der Waals surface area contributed by atoms with Gasteiger partial charge in [0.1, 0.15) is 29.5 Å². The van der Waals surface area contributed by atoms with E-state index >= 15 is 0 Å². The van der Waals surface area contributed by atoms with Crippen molar-refractivity contribution in [2.24, 2.45) is 0 Å². The van der Waals surface area contributed by atoms with Gasteiger partial charge in [0.25, 0.3) is 0 Å². The summed E-state index contributed by atoms with van der Waals surface area (Å²) in [6.45, 7) is 10.1. The first kappa shape index (κ1) is 30.3. The second-order valence-electron chi connectivity index (χ2n) is 12.2. The number of hydrogen-bond donors (Lipinski definition) is 2. The van der Waals surface area contributed by atoms with Crippen molar-refractivity contribution in [1.29, 1.82) is 0 Å². The van der Waals surface area contributed by atoms with Crippen LogP contribution in [0.4, 0.5) is 37.5 Å². The molecule has 1 saturated carbocycles. The number of carbonyl (C=O) groups excluding carboxylic acids is 1. The molecule has 4 heterocycles. The Balaban J connectivity index is 1.09. The van der Waals surface area contributed by atoms with Crippen molar-refractivity contribution < 1.29 is 23.1 Å². The molecule has 3 aliphatic heterocycles. The minimum atomic E-state index is -0.651. The molecule has 4 aliphatic rings. The molecule has 1 unspecified atom stereocenters. The van der Waals surface area contributed by atoms with Crippen LogP contribution < -0.4 is 25.3 Å². The number of rotatable bonds is 10. The molecule has 1 atom stereocenters. The van der Waals surface area contributed by atoms with E-state index in [1.165, 1.54) is 37.4 Å². The van der Waals surface area contributed by atoms with Crippen molar-refractivity contribution in [3.8, 4) is 5.75 Å². The van der Waals surface area contributed by atoms with Crippen LogP contribution in [0.5, 0.6) is 5.75 Å². The molecule has 1 amide bonds. The van der Waals surface area contributed by atoms with Crippen LogP contribution in [0.25, 0.3) is 0 Å². The predicted octanol–water partition coefficient (Wildman–Crippen LogP) is 4.48. The third kappa shape index (κ3) is 6.35. The molecule has 0 radical (unpaired) electrons. The Hall–Kier alpha value is -4.33. The van der Waals surface area contributed by atoms with Gasteiger partial charge in [0.15, 0.2) is 5.82 Å². The van der Waals surface area contributed by atoms with E-state index in [2.05, 4.69) is 41.9 Å². The number of aromatic nitrogens is 2. The van der Waals surface area contributed by atoms with Gasteiger partial charge in [-0.25, -0.2) is 23.8 Å². The molecule has 0 spiro atoms. The van der Waals surface area contributed by atoms with Gasteiger partial charge in [0.05, 0.1) is 36.8 Å². The number of nitrogens with one attached hydrogen (secondary N) is 2. The summed E-state index contributed by atoms with van der Waals surface area (Å²) in [5.41, 5.74) is 2.52. The molecule has 46 heavy (non-hydrogen) atoms. The summed E-state index contributed by atoms with van der Waals surface area (Å²) in [4.78, 5) is 34.5. The highest BCUT2D eigenvalue weighted by atomic mass is 19.1. The van der Waals surface area contributed by atoms with Gasteiger partial charge in [-0.2, -0.15) is 0 Å². The van der Waals surface area contributed by atoms with E-state index in [-0.39, 0.29) is 5.91 Å². The van der Waals surface area contributed by atoms with E-state index in [0.717, 1.165) is 57.1 Å². The summed E-state index contributed by atoms with van der Waals surface area (Å²) < 4.78 is 33.8. The lowest BCUT2D eigenvalue weighted by Gasteiger charge is -2.49. The number of piperazine rings is 1. The SMILES string of the molecule is C=CC(=O)Nc1cc(Nc2cc(N3OCCC3c3cc(F)cc(F)c3)ncn2)c(OC)cc1N1CC(N2CCN(C3CC3)CC2)C1. The zero-order valence-electron chi connectivity index (χ0n) is 25.8. The van der Waals surface area contributed by atoms with Crippen molar-refractivity contribution in [2.45, 2.75) is 37.4 Å². The summed E-state index contributed by atoms with van der Waals surface area (Å²) in [6, 6.07) is 9.73. The highest BCUT2D eigenvalue weighted by Crippen LogP contribution is 2.41. The average molecular weight is 633 g/mol. The number of halogens is 2. The van der Waals surface area contributed by atoms with E-state index in [4.69, 9.17) is 9.57 Å². The number of hydrogen-bond acceptors (Lipinski definition) is 10. The Bertz CT molecular complexity index is 1590. The molecule has 2 aromatic carbocycles. The number of benzene rings is 2. The van der Waals surface area contributed by atoms with Crippen molar-refractivity contribution in [1.82, 2.24) is 19.8 Å². The Morgan fingerprint density at radius 2 is 1.67 bits per heavy atom. The molecule has 7 rings (SSSR count). The Labute approximate surface area is 266 Å². The lowest BCUT2D eigenvalue weighted by atomic mass is 10.0. The van der Waals surface area contributed by atoms with Crippen LogP contribution in [0.2, 0.25) is 0 Å². The number of nitrogens with zero attached hydrogens (tertiary/aromatic N) is 6. The minimum absolute atomic E-state index is 0.319. The smallest absolute Gasteiger partial charge is 0.247 e. The monoisotopic (exact) mass is 632 g/mol. The molecule has 13 heteroatoms. The molecular weight excluding hydrogens is 594 g/mol. The van der Waals surface area contributed by atoms with Gasteiger partial charge < -0.3 is 20.3 Å². The summed E-state index contributed by atoms with van der Waals surface area (Å²) >= 11 is 0. The zero-order valence-corrected chi connectivity index (χ0v) is 25.8. The normalized spacial score (nSPS) is 20.8. The average Bonchev–Trinajstić information content (AvgIpc) is 3.76. The number of anilines is 5. The molecular formula is C33H38F2N8O3. The third-order valence-corrected chi connectivity index (χ3v) is 9.21. The molecule has 1 aromatic heterocycles.